The number of benzene rings is 2. The van der Waals surface area contributed by atoms with Gasteiger partial charge in [0.05, 0.1) is 7.11 Å². The zero-order valence-corrected chi connectivity index (χ0v) is 12.8. The Morgan fingerprint density at radius 3 is 2.67 bits per heavy atom. The summed E-state index contributed by atoms with van der Waals surface area (Å²) in [7, 11) is 1.76. The lowest BCUT2D eigenvalue weighted by atomic mass is 9.87. The molecule has 0 saturated heterocycles. The van der Waals surface area contributed by atoms with Gasteiger partial charge in [0, 0.05) is 12.1 Å². The van der Waals surface area contributed by atoms with E-state index in [-0.39, 0.29) is 0 Å². The molecule has 0 fully saturated rings. The molecule has 0 amide bonds. The Morgan fingerprint density at radius 2 is 1.90 bits per heavy atom. The van der Waals surface area contributed by atoms with Gasteiger partial charge in [-0.3, -0.25) is 0 Å². The largest absolute Gasteiger partial charge is 0.496 e. The van der Waals surface area contributed by atoms with Crippen LogP contribution in [0.4, 0.5) is 0 Å². The highest BCUT2D eigenvalue weighted by molar-refractivity contribution is 5.42. The summed E-state index contributed by atoms with van der Waals surface area (Å²) in [5.41, 5.74) is 4.18. The average Bonchev–Trinajstić information content (AvgIpc) is 2.54. The fourth-order valence-electron chi connectivity index (χ4n) is 3.30. The van der Waals surface area contributed by atoms with Crippen molar-refractivity contribution >= 4 is 0 Å². The molecule has 2 atom stereocenters. The molecule has 0 bridgehead atoms. The topological polar surface area (TPSA) is 21.3 Å². The van der Waals surface area contributed by atoms with E-state index >= 15 is 0 Å². The smallest absolute Gasteiger partial charge is 0.122 e. The molecule has 3 rings (SSSR count). The summed E-state index contributed by atoms with van der Waals surface area (Å²) in [6, 6.07) is 18.0. The summed E-state index contributed by atoms with van der Waals surface area (Å²) in [6.45, 7) is 2.25. The van der Waals surface area contributed by atoms with Crippen LogP contribution in [0.1, 0.15) is 36.1 Å². The van der Waals surface area contributed by atoms with Crippen molar-refractivity contribution in [2.45, 2.75) is 38.3 Å². The zero-order chi connectivity index (χ0) is 14.7. The van der Waals surface area contributed by atoms with E-state index < -0.39 is 0 Å². The number of hydrogen-bond donors (Lipinski definition) is 1. The molecule has 0 saturated carbocycles. The Labute approximate surface area is 127 Å². The molecule has 2 nitrogen and oxygen atoms in total. The predicted molar refractivity (Wildman–Crippen MR) is 86.8 cm³/mol. The average molecular weight is 281 g/mol. The summed E-state index contributed by atoms with van der Waals surface area (Å²) >= 11 is 0. The molecule has 2 aromatic rings. The molecule has 0 radical (unpaired) electrons. The first-order chi connectivity index (χ1) is 10.3. The van der Waals surface area contributed by atoms with Gasteiger partial charge in [-0.25, -0.2) is 0 Å². The number of ether oxygens (including phenoxy) is 1. The van der Waals surface area contributed by atoms with Crippen LogP contribution < -0.4 is 10.1 Å². The van der Waals surface area contributed by atoms with Crippen LogP contribution in [0, 0.1) is 0 Å². The molecule has 1 N–H and O–H groups in total. The summed E-state index contributed by atoms with van der Waals surface area (Å²) in [5.74, 6) is 1.04. The highest BCUT2D eigenvalue weighted by Gasteiger charge is 2.22. The second kappa shape index (κ2) is 6.31. The summed E-state index contributed by atoms with van der Waals surface area (Å²) in [5, 5.41) is 3.77. The van der Waals surface area contributed by atoms with Crippen LogP contribution in [0.25, 0.3) is 0 Å². The van der Waals surface area contributed by atoms with Gasteiger partial charge in [0.25, 0.3) is 0 Å². The van der Waals surface area contributed by atoms with Crippen molar-refractivity contribution in [3.05, 3.63) is 65.2 Å². The van der Waals surface area contributed by atoms with Gasteiger partial charge in [-0.05, 0) is 48.9 Å². The molecule has 0 aliphatic heterocycles. The minimum absolute atomic E-state index is 0.392. The third kappa shape index (κ3) is 3.11. The molecule has 0 spiro atoms. The fourth-order valence-corrected chi connectivity index (χ4v) is 3.30. The number of rotatable bonds is 4. The molecule has 0 aromatic heterocycles. The maximum atomic E-state index is 5.48. The van der Waals surface area contributed by atoms with E-state index in [0.717, 1.165) is 18.6 Å². The van der Waals surface area contributed by atoms with Crippen molar-refractivity contribution < 1.29 is 4.74 Å². The molecule has 0 heterocycles. The summed E-state index contributed by atoms with van der Waals surface area (Å²) in [4.78, 5) is 0. The quantitative estimate of drug-likeness (QED) is 0.917. The molecule has 110 valence electrons. The van der Waals surface area contributed by atoms with Crippen LogP contribution in [-0.2, 0) is 12.8 Å². The highest BCUT2D eigenvalue weighted by atomic mass is 16.5. The van der Waals surface area contributed by atoms with E-state index in [1.54, 1.807) is 7.11 Å². The molecule has 2 heteroatoms. The minimum Gasteiger partial charge on any atom is -0.496 e. The van der Waals surface area contributed by atoms with Crippen LogP contribution in [0.3, 0.4) is 0 Å². The van der Waals surface area contributed by atoms with Gasteiger partial charge in [-0.2, -0.15) is 0 Å². The van der Waals surface area contributed by atoms with E-state index in [1.165, 1.54) is 23.1 Å². The molecular weight excluding hydrogens is 258 g/mol. The molecule has 21 heavy (non-hydrogen) atoms. The Kier molecular flexibility index (Phi) is 4.26. The van der Waals surface area contributed by atoms with Crippen molar-refractivity contribution in [1.29, 1.82) is 0 Å². The first kappa shape index (κ1) is 14.2. The lowest BCUT2D eigenvalue weighted by Crippen LogP contribution is -2.36. The number of fused-ring (bicyclic) bond motifs is 1. The van der Waals surface area contributed by atoms with Crippen molar-refractivity contribution in [2.75, 3.05) is 7.11 Å². The Balaban J connectivity index is 1.69. The summed E-state index contributed by atoms with van der Waals surface area (Å²) in [6.07, 6.45) is 3.35. The molecule has 1 aliphatic rings. The Hall–Kier alpha value is -1.80. The Bertz CT molecular complexity index is 594. The maximum Gasteiger partial charge on any atom is 0.122 e. The van der Waals surface area contributed by atoms with Gasteiger partial charge < -0.3 is 10.1 Å². The normalized spacial score (nSPS) is 18.9. The zero-order valence-electron chi connectivity index (χ0n) is 12.8. The molecule has 2 aromatic carbocycles. The van der Waals surface area contributed by atoms with Crippen molar-refractivity contribution in [2.24, 2.45) is 0 Å². The van der Waals surface area contributed by atoms with Gasteiger partial charge in [-0.1, -0.05) is 42.5 Å². The molecule has 1 aliphatic carbocycles. The molecular formula is C19H23NO. The van der Waals surface area contributed by atoms with Crippen molar-refractivity contribution in [1.82, 2.24) is 5.32 Å². The third-order valence-electron chi connectivity index (χ3n) is 4.44. The van der Waals surface area contributed by atoms with Gasteiger partial charge in [-0.15, -0.1) is 0 Å². The van der Waals surface area contributed by atoms with Crippen LogP contribution >= 0.6 is 0 Å². The van der Waals surface area contributed by atoms with Crippen LogP contribution in [0.2, 0.25) is 0 Å². The van der Waals surface area contributed by atoms with Crippen LogP contribution in [0.15, 0.2) is 48.5 Å². The van der Waals surface area contributed by atoms with Crippen LogP contribution in [-0.4, -0.2) is 13.2 Å². The van der Waals surface area contributed by atoms with Crippen LogP contribution in [0.5, 0.6) is 5.75 Å². The predicted octanol–water partition coefficient (Wildman–Crippen LogP) is 3.90. The second-order valence-electron chi connectivity index (χ2n) is 5.84. The minimum atomic E-state index is 0.392. The second-order valence-corrected chi connectivity index (χ2v) is 5.84. The lowest BCUT2D eigenvalue weighted by Gasteiger charge is -2.29. The summed E-state index contributed by atoms with van der Waals surface area (Å²) < 4.78 is 5.48. The van der Waals surface area contributed by atoms with Crippen molar-refractivity contribution in [3.63, 3.8) is 0 Å². The van der Waals surface area contributed by atoms with Gasteiger partial charge in [0.15, 0.2) is 0 Å². The highest BCUT2D eigenvalue weighted by Crippen LogP contribution is 2.30. The van der Waals surface area contributed by atoms with Crippen molar-refractivity contribution in [3.8, 4) is 5.75 Å². The third-order valence-corrected chi connectivity index (χ3v) is 4.44. The van der Waals surface area contributed by atoms with Gasteiger partial charge >= 0.3 is 0 Å². The van der Waals surface area contributed by atoms with Gasteiger partial charge in [0.2, 0.25) is 0 Å². The molecule has 0 unspecified atom stereocenters. The number of methoxy groups -OCH3 is 1. The van der Waals surface area contributed by atoms with E-state index in [1.807, 2.05) is 0 Å². The number of nitrogens with one attached hydrogen (secondary N) is 1. The maximum absolute atomic E-state index is 5.48. The standard InChI is InChI=1S/C19H23NO/c1-14(15-7-4-3-5-8-15)20-17-11-12-18-16(13-17)9-6-10-19(18)21-2/h3-10,14,17,20H,11-13H2,1-2H3/t14-,17-/m0/s1. The Morgan fingerprint density at radius 1 is 1.10 bits per heavy atom. The first-order valence-corrected chi connectivity index (χ1v) is 7.73. The SMILES string of the molecule is COc1cccc2c1CC[C@H](N[C@@H](C)c1ccccc1)C2. The van der Waals surface area contributed by atoms with E-state index in [4.69, 9.17) is 4.74 Å². The van der Waals surface area contributed by atoms with E-state index in [0.29, 0.717) is 12.1 Å². The first-order valence-electron chi connectivity index (χ1n) is 7.73. The van der Waals surface area contributed by atoms with E-state index in [9.17, 15) is 0 Å². The van der Waals surface area contributed by atoms with E-state index in [2.05, 4.69) is 60.8 Å². The number of hydrogen-bond acceptors (Lipinski definition) is 2. The van der Waals surface area contributed by atoms with Gasteiger partial charge in [0.1, 0.15) is 5.75 Å². The fraction of sp³-hybridized carbons (Fsp3) is 0.368. The lowest BCUT2D eigenvalue weighted by molar-refractivity contribution is 0.386. The monoisotopic (exact) mass is 281 g/mol.